The highest BCUT2D eigenvalue weighted by molar-refractivity contribution is 5.74. The predicted octanol–water partition coefficient (Wildman–Crippen LogP) is 2.61. The van der Waals surface area contributed by atoms with Gasteiger partial charge in [-0.05, 0) is 43.9 Å². The zero-order valence-corrected chi connectivity index (χ0v) is 12.8. The molecule has 1 saturated carbocycles. The van der Waals surface area contributed by atoms with Crippen LogP contribution in [0.1, 0.15) is 52.9 Å². The minimum absolute atomic E-state index is 0.126. The molecular formula is C15H28N2O3. The summed E-state index contributed by atoms with van der Waals surface area (Å²) in [6.07, 6.45) is 4.67. The van der Waals surface area contributed by atoms with Crippen LogP contribution in [0, 0.1) is 17.8 Å². The second-order valence-electron chi connectivity index (χ2n) is 6.28. The summed E-state index contributed by atoms with van der Waals surface area (Å²) >= 11 is 0. The van der Waals surface area contributed by atoms with Crippen molar-refractivity contribution >= 4 is 12.0 Å². The van der Waals surface area contributed by atoms with Crippen LogP contribution in [-0.4, -0.2) is 29.7 Å². The highest BCUT2D eigenvalue weighted by atomic mass is 16.4. The Morgan fingerprint density at radius 3 is 2.60 bits per heavy atom. The Morgan fingerprint density at radius 2 is 2.00 bits per heavy atom. The van der Waals surface area contributed by atoms with Gasteiger partial charge in [-0.3, -0.25) is 4.79 Å². The molecule has 0 heterocycles. The number of carbonyl (C=O) groups excluding carboxylic acids is 1. The average molecular weight is 284 g/mol. The van der Waals surface area contributed by atoms with Gasteiger partial charge in [0.15, 0.2) is 0 Å². The van der Waals surface area contributed by atoms with Gasteiger partial charge in [-0.2, -0.15) is 0 Å². The Bertz CT molecular complexity index is 333. The van der Waals surface area contributed by atoms with Gasteiger partial charge in [-0.15, -0.1) is 0 Å². The molecule has 0 aromatic carbocycles. The summed E-state index contributed by atoms with van der Waals surface area (Å²) in [5, 5.41) is 14.6. The Balaban J connectivity index is 2.16. The normalized spacial score (nSPS) is 27.6. The second kappa shape index (κ2) is 8.12. The second-order valence-corrected chi connectivity index (χ2v) is 6.28. The molecule has 0 aromatic rings. The molecule has 1 rings (SSSR count). The lowest BCUT2D eigenvalue weighted by Gasteiger charge is -2.33. The molecule has 4 atom stereocenters. The topological polar surface area (TPSA) is 78.4 Å². The maximum atomic E-state index is 11.8. The van der Waals surface area contributed by atoms with Crippen molar-refractivity contribution < 1.29 is 14.7 Å². The highest BCUT2D eigenvalue weighted by Crippen LogP contribution is 2.28. The molecule has 116 valence electrons. The van der Waals surface area contributed by atoms with Crippen LogP contribution in [0.2, 0.25) is 0 Å². The molecule has 1 aliphatic carbocycles. The molecule has 3 N–H and O–H groups in total. The van der Waals surface area contributed by atoms with Crippen LogP contribution in [0.15, 0.2) is 0 Å². The third kappa shape index (κ3) is 5.80. The molecular weight excluding hydrogens is 256 g/mol. The predicted molar refractivity (Wildman–Crippen MR) is 78.5 cm³/mol. The van der Waals surface area contributed by atoms with Crippen molar-refractivity contribution in [2.45, 2.75) is 58.9 Å². The number of amides is 2. The van der Waals surface area contributed by atoms with Crippen molar-refractivity contribution in [3.8, 4) is 0 Å². The van der Waals surface area contributed by atoms with Crippen molar-refractivity contribution in [2.75, 3.05) is 6.54 Å². The van der Waals surface area contributed by atoms with E-state index >= 15 is 0 Å². The SMILES string of the molecule is CC1CCC(NC(=O)NCCCC(C)C(=O)O)C(C)C1. The molecule has 0 spiro atoms. The number of carbonyl (C=O) groups is 2. The first-order valence-electron chi connectivity index (χ1n) is 7.67. The van der Waals surface area contributed by atoms with E-state index in [1.54, 1.807) is 6.92 Å². The first-order chi connectivity index (χ1) is 9.40. The van der Waals surface area contributed by atoms with Gasteiger partial charge in [0.2, 0.25) is 0 Å². The van der Waals surface area contributed by atoms with E-state index in [0.29, 0.717) is 25.3 Å². The monoisotopic (exact) mass is 284 g/mol. The van der Waals surface area contributed by atoms with Gasteiger partial charge >= 0.3 is 12.0 Å². The van der Waals surface area contributed by atoms with Gasteiger partial charge in [0.1, 0.15) is 0 Å². The Hall–Kier alpha value is -1.26. The molecule has 1 fully saturated rings. The fraction of sp³-hybridized carbons (Fsp3) is 0.867. The maximum Gasteiger partial charge on any atom is 0.315 e. The standard InChI is InChI=1S/C15H28N2O3/c1-10-6-7-13(12(3)9-10)17-15(20)16-8-4-5-11(2)14(18)19/h10-13H,4-9H2,1-3H3,(H,18,19)(H2,16,17,20). The molecule has 1 aliphatic rings. The highest BCUT2D eigenvalue weighted by Gasteiger charge is 2.26. The molecule has 0 aromatic heterocycles. The van der Waals surface area contributed by atoms with E-state index in [2.05, 4.69) is 24.5 Å². The number of hydrogen-bond acceptors (Lipinski definition) is 2. The number of urea groups is 1. The van der Waals surface area contributed by atoms with Crippen molar-refractivity contribution in [3.05, 3.63) is 0 Å². The molecule has 0 saturated heterocycles. The molecule has 0 radical (unpaired) electrons. The van der Waals surface area contributed by atoms with E-state index in [1.165, 1.54) is 12.8 Å². The summed E-state index contributed by atoms with van der Waals surface area (Å²) in [7, 11) is 0. The third-order valence-electron chi connectivity index (χ3n) is 4.27. The van der Waals surface area contributed by atoms with Crippen molar-refractivity contribution in [1.82, 2.24) is 10.6 Å². The lowest BCUT2D eigenvalue weighted by molar-refractivity contribution is -0.141. The zero-order valence-electron chi connectivity index (χ0n) is 12.8. The van der Waals surface area contributed by atoms with E-state index in [-0.39, 0.29) is 18.0 Å². The van der Waals surface area contributed by atoms with Gasteiger partial charge in [-0.1, -0.05) is 20.8 Å². The number of hydrogen-bond donors (Lipinski definition) is 3. The van der Waals surface area contributed by atoms with Gasteiger partial charge < -0.3 is 15.7 Å². The lowest BCUT2D eigenvalue weighted by Crippen LogP contribution is -2.47. The van der Waals surface area contributed by atoms with Gasteiger partial charge in [0, 0.05) is 12.6 Å². The van der Waals surface area contributed by atoms with Gasteiger partial charge in [-0.25, -0.2) is 4.79 Å². The van der Waals surface area contributed by atoms with E-state index in [4.69, 9.17) is 5.11 Å². The zero-order chi connectivity index (χ0) is 15.1. The van der Waals surface area contributed by atoms with Crippen molar-refractivity contribution in [3.63, 3.8) is 0 Å². The molecule has 5 nitrogen and oxygen atoms in total. The molecule has 4 unspecified atom stereocenters. The summed E-state index contributed by atoms with van der Waals surface area (Å²) in [6, 6.07) is 0.142. The molecule has 0 aliphatic heterocycles. The van der Waals surface area contributed by atoms with E-state index in [0.717, 1.165) is 12.3 Å². The number of carboxylic acids is 1. The van der Waals surface area contributed by atoms with Crippen LogP contribution in [0.25, 0.3) is 0 Å². The first-order valence-corrected chi connectivity index (χ1v) is 7.67. The van der Waals surface area contributed by atoms with E-state index in [9.17, 15) is 9.59 Å². The summed E-state index contributed by atoms with van der Waals surface area (Å²) in [5.41, 5.74) is 0. The molecule has 5 heteroatoms. The summed E-state index contributed by atoms with van der Waals surface area (Å²) in [5.74, 6) is 0.152. The Labute approximate surface area is 121 Å². The number of aliphatic carboxylic acids is 1. The number of rotatable bonds is 6. The Morgan fingerprint density at radius 1 is 1.30 bits per heavy atom. The maximum absolute atomic E-state index is 11.8. The summed E-state index contributed by atoms with van der Waals surface area (Å²) in [6.45, 7) is 6.67. The molecule has 20 heavy (non-hydrogen) atoms. The smallest absolute Gasteiger partial charge is 0.315 e. The minimum atomic E-state index is -0.778. The molecule has 0 bridgehead atoms. The minimum Gasteiger partial charge on any atom is -0.481 e. The molecule has 2 amide bonds. The number of carboxylic acid groups (broad SMARTS) is 1. The van der Waals surface area contributed by atoms with E-state index in [1.807, 2.05) is 0 Å². The van der Waals surface area contributed by atoms with Crippen molar-refractivity contribution in [1.29, 1.82) is 0 Å². The Kier molecular flexibility index (Phi) is 6.82. The lowest BCUT2D eigenvalue weighted by atomic mass is 9.80. The first kappa shape index (κ1) is 16.8. The van der Waals surface area contributed by atoms with Crippen LogP contribution >= 0.6 is 0 Å². The quantitative estimate of drug-likeness (QED) is 0.656. The summed E-state index contributed by atoms with van der Waals surface area (Å²) in [4.78, 5) is 22.4. The average Bonchev–Trinajstić information content (AvgIpc) is 2.37. The van der Waals surface area contributed by atoms with Crippen LogP contribution in [0.3, 0.4) is 0 Å². The van der Waals surface area contributed by atoms with Crippen LogP contribution in [0.5, 0.6) is 0 Å². The fourth-order valence-corrected chi connectivity index (χ4v) is 2.83. The van der Waals surface area contributed by atoms with Gasteiger partial charge in [0.05, 0.1) is 5.92 Å². The third-order valence-corrected chi connectivity index (χ3v) is 4.27. The van der Waals surface area contributed by atoms with Crippen LogP contribution in [-0.2, 0) is 4.79 Å². The van der Waals surface area contributed by atoms with E-state index < -0.39 is 5.97 Å². The largest absolute Gasteiger partial charge is 0.481 e. The number of nitrogens with one attached hydrogen (secondary N) is 2. The van der Waals surface area contributed by atoms with Gasteiger partial charge in [0.25, 0.3) is 0 Å². The van der Waals surface area contributed by atoms with Crippen LogP contribution in [0.4, 0.5) is 4.79 Å². The fourth-order valence-electron chi connectivity index (χ4n) is 2.83. The summed E-state index contributed by atoms with van der Waals surface area (Å²) < 4.78 is 0. The van der Waals surface area contributed by atoms with Crippen LogP contribution < -0.4 is 10.6 Å². The van der Waals surface area contributed by atoms with Crippen molar-refractivity contribution in [2.24, 2.45) is 17.8 Å².